The van der Waals surface area contributed by atoms with Crippen molar-refractivity contribution in [1.29, 1.82) is 0 Å². The van der Waals surface area contributed by atoms with Crippen LogP contribution in [-0.4, -0.2) is 25.3 Å². The molecule has 0 radical (unpaired) electrons. The van der Waals surface area contributed by atoms with Crippen LogP contribution in [-0.2, 0) is 16.1 Å². The first-order chi connectivity index (χ1) is 17.4. The lowest BCUT2D eigenvalue weighted by molar-refractivity contribution is -0.120. The van der Waals surface area contributed by atoms with Gasteiger partial charge in [0.15, 0.2) is 5.78 Å². The number of thiophene rings is 1. The number of ether oxygens (including phenoxy) is 1. The Morgan fingerprint density at radius 3 is 2.67 bits per heavy atom. The number of para-hydroxylation sites is 3. The van der Waals surface area contributed by atoms with Gasteiger partial charge in [-0.15, -0.1) is 11.3 Å². The molecule has 0 bridgehead atoms. The molecule has 6 nitrogen and oxygen atoms in total. The number of fused-ring (bicyclic) bond motifs is 1. The van der Waals surface area contributed by atoms with Crippen molar-refractivity contribution in [2.45, 2.75) is 39.3 Å². The summed E-state index contributed by atoms with van der Waals surface area (Å²) in [6, 6.07) is 19.2. The molecule has 2 aliphatic rings. The third-order valence-electron chi connectivity index (χ3n) is 6.79. The summed E-state index contributed by atoms with van der Waals surface area (Å²) in [5, 5.41) is 8.65. The number of nitrogens with one attached hydrogen (secondary N) is 2. The van der Waals surface area contributed by atoms with Crippen molar-refractivity contribution in [2.75, 3.05) is 23.9 Å². The maximum Gasteiger partial charge on any atom is 0.239 e. The second-order valence-corrected chi connectivity index (χ2v) is 11.1. The molecule has 2 heterocycles. The van der Waals surface area contributed by atoms with Crippen molar-refractivity contribution in [1.82, 2.24) is 5.32 Å². The molecule has 1 aliphatic carbocycles. The first-order valence-electron chi connectivity index (χ1n) is 12.2. The van der Waals surface area contributed by atoms with Gasteiger partial charge in [-0.25, -0.2) is 0 Å². The monoisotopic (exact) mass is 501 g/mol. The predicted octanol–water partition coefficient (Wildman–Crippen LogP) is 5.69. The van der Waals surface area contributed by atoms with Gasteiger partial charge in [0.25, 0.3) is 0 Å². The van der Waals surface area contributed by atoms with Gasteiger partial charge in [-0.3, -0.25) is 9.59 Å². The molecule has 1 amide bonds. The average Bonchev–Trinajstić information content (AvgIpc) is 3.33. The third-order valence-corrected chi connectivity index (χ3v) is 7.67. The Morgan fingerprint density at radius 2 is 1.89 bits per heavy atom. The van der Waals surface area contributed by atoms with Crippen molar-refractivity contribution in [3.05, 3.63) is 87.8 Å². The quantitative estimate of drug-likeness (QED) is 0.454. The molecule has 36 heavy (non-hydrogen) atoms. The molecule has 0 spiro atoms. The zero-order chi connectivity index (χ0) is 25.3. The normalized spacial score (nSPS) is 18.6. The SMILES string of the molecule is COc1ccccc1C1C2=C(CC(C)(C)CC2=O)Nc2ccccc2N1CC(=O)NCc1cccs1. The van der Waals surface area contributed by atoms with E-state index in [1.807, 2.05) is 70.9 Å². The molecule has 2 aromatic carbocycles. The number of amides is 1. The van der Waals surface area contributed by atoms with Crippen LogP contribution in [0.1, 0.15) is 43.2 Å². The van der Waals surface area contributed by atoms with E-state index in [9.17, 15) is 9.59 Å². The number of Topliss-reactive ketones (excluding diaryl/α,β-unsaturated/α-hetero) is 1. The van der Waals surface area contributed by atoms with E-state index in [4.69, 9.17) is 4.74 Å². The lowest BCUT2D eigenvalue weighted by Gasteiger charge is -2.38. The molecule has 0 fully saturated rings. The lowest BCUT2D eigenvalue weighted by atomic mass is 9.73. The van der Waals surface area contributed by atoms with Gasteiger partial charge in [-0.05, 0) is 41.5 Å². The molecule has 0 saturated carbocycles. The molecule has 7 heteroatoms. The molecule has 5 rings (SSSR count). The number of ketones is 1. The minimum atomic E-state index is -0.469. The van der Waals surface area contributed by atoms with E-state index in [-0.39, 0.29) is 23.7 Å². The van der Waals surface area contributed by atoms with Crippen LogP contribution >= 0.6 is 11.3 Å². The highest BCUT2D eigenvalue weighted by molar-refractivity contribution is 7.09. The second kappa shape index (κ2) is 9.82. The van der Waals surface area contributed by atoms with Crippen LogP contribution in [0, 0.1) is 5.41 Å². The van der Waals surface area contributed by atoms with Crippen LogP contribution in [0.15, 0.2) is 77.3 Å². The van der Waals surface area contributed by atoms with E-state index < -0.39 is 6.04 Å². The molecular formula is C29H31N3O3S. The van der Waals surface area contributed by atoms with Gasteiger partial charge in [0, 0.05) is 28.1 Å². The fourth-order valence-electron chi connectivity index (χ4n) is 5.25. The molecule has 2 N–H and O–H groups in total. The van der Waals surface area contributed by atoms with E-state index >= 15 is 0 Å². The van der Waals surface area contributed by atoms with E-state index in [1.165, 1.54) is 0 Å². The zero-order valence-electron chi connectivity index (χ0n) is 20.8. The maximum absolute atomic E-state index is 13.8. The number of methoxy groups -OCH3 is 1. The third kappa shape index (κ3) is 4.75. The average molecular weight is 502 g/mol. The summed E-state index contributed by atoms with van der Waals surface area (Å²) in [6.07, 6.45) is 1.19. The topological polar surface area (TPSA) is 70.7 Å². The number of nitrogens with zero attached hydrogens (tertiary/aromatic N) is 1. The fourth-order valence-corrected chi connectivity index (χ4v) is 5.90. The molecule has 3 aromatic rings. The number of anilines is 2. The Labute approximate surface area is 216 Å². The van der Waals surface area contributed by atoms with Crippen molar-refractivity contribution >= 4 is 34.4 Å². The van der Waals surface area contributed by atoms with Gasteiger partial charge < -0.3 is 20.3 Å². The Morgan fingerprint density at radius 1 is 1.11 bits per heavy atom. The summed E-state index contributed by atoms with van der Waals surface area (Å²) in [7, 11) is 1.64. The van der Waals surface area contributed by atoms with Gasteiger partial charge in [0.05, 0.1) is 37.6 Å². The first-order valence-corrected chi connectivity index (χ1v) is 13.1. The number of allylic oxidation sites excluding steroid dienone is 1. The molecule has 0 saturated heterocycles. The highest BCUT2D eigenvalue weighted by Crippen LogP contribution is 2.49. The number of hydrogen-bond donors (Lipinski definition) is 2. The number of benzene rings is 2. The standard InChI is InChI=1S/C29H31N3O3S/c1-29(2)15-22-27(24(33)16-29)28(20-10-4-7-13-25(20)35-3)32(23-12-6-5-11-21(23)31-22)18-26(34)30-17-19-9-8-14-36-19/h4-14,28,31H,15-18H2,1-3H3,(H,30,34). The minimum absolute atomic E-state index is 0.0975. The maximum atomic E-state index is 13.8. The van der Waals surface area contributed by atoms with Crippen molar-refractivity contribution < 1.29 is 14.3 Å². The number of carbonyl (C=O) groups excluding carboxylic acids is 2. The van der Waals surface area contributed by atoms with Crippen molar-refractivity contribution in [3.8, 4) is 5.75 Å². The van der Waals surface area contributed by atoms with Crippen LogP contribution in [0.4, 0.5) is 11.4 Å². The van der Waals surface area contributed by atoms with Crippen LogP contribution < -0.4 is 20.3 Å². The van der Waals surface area contributed by atoms with Crippen LogP contribution in [0.2, 0.25) is 0 Å². The van der Waals surface area contributed by atoms with Gasteiger partial charge >= 0.3 is 0 Å². The van der Waals surface area contributed by atoms with Gasteiger partial charge in [0.1, 0.15) is 5.75 Å². The lowest BCUT2D eigenvalue weighted by Crippen LogP contribution is -2.42. The molecule has 1 atom stereocenters. The number of carbonyl (C=O) groups is 2. The summed E-state index contributed by atoms with van der Waals surface area (Å²) in [6.45, 7) is 4.83. The molecule has 1 aliphatic heterocycles. The van der Waals surface area contributed by atoms with Gasteiger partial charge in [0.2, 0.25) is 5.91 Å². The smallest absolute Gasteiger partial charge is 0.239 e. The van der Waals surface area contributed by atoms with Gasteiger partial charge in [-0.1, -0.05) is 50.2 Å². The zero-order valence-corrected chi connectivity index (χ0v) is 21.7. The number of hydrogen-bond acceptors (Lipinski definition) is 6. The van der Waals surface area contributed by atoms with Crippen LogP contribution in [0.5, 0.6) is 5.75 Å². The predicted molar refractivity (Wildman–Crippen MR) is 144 cm³/mol. The van der Waals surface area contributed by atoms with Crippen molar-refractivity contribution in [3.63, 3.8) is 0 Å². The molecule has 1 aromatic heterocycles. The highest BCUT2D eigenvalue weighted by atomic mass is 32.1. The van der Waals surface area contributed by atoms with E-state index in [1.54, 1.807) is 18.4 Å². The Balaban J connectivity index is 1.63. The largest absolute Gasteiger partial charge is 0.496 e. The van der Waals surface area contributed by atoms with Crippen LogP contribution in [0.3, 0.4) is 0 Å². The summed E-state index contributed by atoms with van der Waals surface area (Å²) < 4.78 is 5.75. The number of rotatable bonds is 6. The van der Waals surface area contributed by atoms with E-state index in [0.29, 0.717) is 24.3 Å². The summed E-state index contributed by atoms with van der Waals surface area (Å²) in [4.78, 5) is 30.2. The van der Waals surface area contributed by atoms with Crippen molar-refractivity contribution in [2.24, 2.45) is 5.41 Å². The Hall–Kier alpha value is -3.58. The molecule has 1 unspecified atom stereocenters. The first kappa shape index (κ1) is 24.1. The highest BCUT2D eigenvalue weighted by Gasteiger charge is 2.42. The fraction of sp³-hybridized carbons (Fsp3) is 0.310. The van der Waals surface area contributed by atoms with Crippen LogP contribution in [0.25, 0.3) is 0 Å². The minimum Gasteiger partial charge on any atom is -0.496 e. The summed E-state index contributed by atoms with van der Waals surface area (Å²) in [5.74, 6) is 0.683. The van der Waals surface area contributed by atoms with Gasteiger partial charge in [-0.2, -0.15) is 0 Å². The Kier molecular flexibility index (Phi) is 6.58. The summed E-state index contributed by atoms with van der Waals surface area (Å²) in [5.41, 5.74) is 4.10. The second-order valence-electron chi connectivity index (χ2n) is 10.1. The van der Waals surface area contributed by atoms with E-state index in [2.05, 4.69) is 24.5 Å². The molecular weight excluding hydrogens is 470 g/mol. The Bertz CT molecular complexity index is 1310. The van der Waals surface area contributed by atoms with E-state index in [0.717, 1.165) is 33.9 Å². The molecule has 186 valence electrons. The summed E-state index contributed by atoms with van der Waals surface area (Å²) >= 11 is 1.61.